The number of ether oxygens (including phenoxy) is 2. The fraction of sp³-hybridized carbons (Fsp3) is 0.333. The van der Waals surface area contributed by atoms with E-state index >= 15 is 0 Å². The average molecular weight is 275 g/mol. The Morgan fingerprint density at radius 3 is 2.90 bits per heavy atom. The Bertz CT molecular complexity index is 519. The van der Waals surface area contributed by atoms with Gasteiger partial charge in [0.05, 0.1) is 18.7 Å². The minimum Gasteiger partial charge on any atom is -0.490 e. The molecular formula is C15H17NO4. The van der Waals surface area contributed by atoms with Gasteiger partial charge in [-0.1, -0.05) is 12.0 Å². The minimum absolute atomic E-state index is 0.125. The van der Waals surface area contributed by atoms with E-state index in [-0.39, 0.29) is 18.2 Å². The van der Waals surface area contributed by atoms with E-state index in [1.165, 1.54) is 0 Å². The minimum atomic E-state index is -0.788. The van der Waals surface area contributed by atoms with Crippen LogP contribution in [0.1, 0.15) is 24.2 Å². The lowest BCUT2D eigenvalue weighted by molar-refractivity contribution is -0.127. The highest BCUT2D eigenvalue weighted by atomic mass is 16.5. The number of amides is 1. The molecule has 0 spiro atoms. The molecule has 0 aliphatic rings. The number of carbonyl (C=O) groups excluding carboxylic acids is 2. The highest BCUT2D eigenvalue weighted by Gasteiger charge is 2.18. The van der Waals surface area contributed by atoms with Crippen molar-refractivity contribution in [3.63, 3.8) is 0 Å². The second-order valence-corrected chi connectivity index (χ2v) is 3.91. The first kappa shape index (κ1) is 15.6. The normalized spacial score (nSPS) is 11.1. The van der Waals surface area contributed by atoms with Crippen molar-refractivity contribution in [2.24, 2.45) is 0 Å². The lowest BCUT2D eigenvalue weighted by Gasteiger charge is -2.18. The summed E-state index contributed by atoms with van der Waals surface area (Å²) in [7, 11) is 0. The molecule has 0 aliphatic carbocycles. The molecule has 1 aromatic carbocycles. The molecule has 0 saturated carbocycles. The standard InChI is InChI=1S/C15H17NO4/c1-4-9-16-15(18)11(3)20-14-12(10-17)7-6-8-13(14)19-5-2/h1,6-8,10-11H,5,9H2,2-3H3,(H,16,18). The van der Waals surface area contributed by atoms with Crippen molar-refractivity contribution in [1.29, 1.82) is 0 Å². The van der Waals surface area contributed by atoms with Crippen molar-refractivity contribution in [2.45, 2.75) is 20.0 Å². The van der Waals surface area contributed by atoms with Gasteiger partial charge in [0.15, 0.2) is 23.9 Å². The van der Waals surface area contributed by atoms with Crippen LogP contribution >= 0.6 is 0 Å². The van der Waals surface area contributed by atoms with Crippen molar-refractivity contribution in [2.75, 3.05) is 13.2 Å². The summed E-state index contributed by atoms with van der Waals surface area (Å²) >= 11 is 0. The third-order valence-electron chi connectivity index (χ3n) is 2.46. The molecular weight excluding hydrogens is 258 g/mol. The molecule has 0 aromatic heterocycles. The van der Waals surface area contributed by atoms with Gasteiger partial charge in [-0.3, -0.25) is 9.59 Å². The predicted molar refractivity (Wildman–Crippen MR) is 74.9 cm³/mol. The van der Waals surface area contributed by atoms with Crippen molar-refractivity contribution in [3.05, 3.63) is 23.8 Å². The SMILES string of the molecule is C#CCNC(=O)C(C)Oc1c(C=O)cccc1OCC. The summed E-state index contributed by atoms with van der Waals surface area (Å²) in [6.07, 6.45) is 4.94. The molecule has 5 heteroatoms. The molecule has 106 valence electrons. The third kappa shape index (κ3) is 4.02. The number of hydrogen-bond acceptors (Lipinski definition) is 4. The summed E-state index contributed by atoms with van der Waals surface area (Å²) in [5.74, 6) is 2.63. The maximum atomic E-state index is 11.7. The van der Waals surface area contributed by atoms with Crippen LogP contribution in [0.15, 0.2) is 18.2 Å². The number of nitrogens with one attached hydrogen (secondary N) is 1. The fourth-order valence-electron chi connectivity index (χ4n) is 1.53. The molecule has 0 saturated heterocycles. The molecule has 1 amide bonds. The van der Waals surface area contributed by atoms with Crippen molar-refractivity contribution < 1.29 is 19.1 Å². The summed E-state index contributed by atoms with van der Waals surface area (Å²) in [4.78, 5) is 22.8. The molecule has 1 rings (SSSR count). The Morgan fingerprint density at radius 2 is 2.30 bits per heavy atom. The number of benzene rings is 1. The molecule has 1 N–H and O–H groups in total. The van der Waals surface area contributed by atoms with Gasteiger partial charge in [-0.15, -0.1) is 6.42 Å². The van der Waals surface area contributed by atoms with Crippen LogP contribution in [0.5, 0.6) is 11.5 Å². The van der Waals surface area contributed by atoms with E-state index in [9.17, 15) is 9.59 Å². The maximum Gasteiger partial charge on any atom is 0.261 e. The first-order chi connectivity index (χ1) is 9.63. The predicted octanol–water partition coefficient (Wildman–Crippen LogP) is 1.41. The van der Waals surface area contributed by atoms with Gasteiger partial charge in [-0.05, 0) is 26.0 Å². The number of terminal acetylenes is 1. The first-order valence-corrected chi connectivity index (χ1v) is 6.22. The van der Waals surface area contributed by atoms with Gasteiger partial charge in [0.2, 0.25) is 0 Å². The number of aldehydes is 1. The molecule has 1 unspecified atom stereocenters. The smallest absolute Gasteiger partial charge is 0.261 e. The first-order valence-electron chi connectivity index (χ1n) is 6.22. The highest BCUT2D eigenvalue weighted by molar-refractivity contribution is 5.83. The summed E-state index contributed by atoms with van der Waals surface area (Å²) in [5.41, 5.74) is 0.326. The molecule has 1 atom stereocenters. The van der Waals surface area contributed by atoms with Gasteiger partial charge in [-0.25, -0.2) is 0 Å². The second kappa shape index (κ2) is 7.85. The van der Waals surface area contributed by atoms with Crippen LogP contribution in [0.25, 0.3) is 0 Å². The van der Waals surface area contributed by atoms with Crippen molar-refractivity contribution in [1.82, 2.24) is 5.32 Å². The number of rotatable bonds is 7. The van der Waals surface area contributed by atoms with Crippen LogP contribution in [-0.2, 0) is 4.79 Å². The molecule has 0 heterocycles. The van der Waals surface area contributed by atoms with Crippen LogP contribution in [0.2, 0.25) is 0 Å². The van der Waals surface area contributed by atoms with E-state index < -0.39 is 6.10 Å². The second-order valence-electron chi connectivity index (χ2n) is 3.91. The Kier molecular flexibility index (Phi) is 6.11. The van der Waals surface area contributed by atoms with Crippen molar-refractivity contribution >= 4 is 12.2 Å². The lowest BCUT2D eigenvalue weighted by Crippen LogP contribution is -2.36. The zero-order valence-electron chi connectivity index (χ0n) is 11.5. The van der Waals surface area contributed by atoms with Gasteiger partial charge in [0, 0.05) is 0 Å². The lowest BCUT2D eigenvalue weighted by atomic mass is 10.2. The molecule has 20 heavy (non-hydrogen) atoms. The average Bonchev–Trinajstić information content (AvgIpc) is 2.46. The number of hydrogen-bond donors (Lipinski definition) is 1. The number of carbonyl (C=O) groups is 2. The summed E-state index contributed by atoms with van der Waals surface area (Å²) in [5, 5.41) is 2.51. The van der Waals surface area contributed by atoms with Gasteiger partial charge < -0.3 is 14.8 Å². The van der Waals surface area contributed by atoms with Crippen molar-refractivity contribution in [3.8, 4) is 23.8 Å². The molecule has 1 aromatic rings. The van der Waals surface area contributed by atoms with E-state index in [1.54, 1.807) is 25.1 Å². The van der Waals surface area contributed by atoms with Crippen LogP contribution in [-0.4, -0.2) is 31.4 Å². The van der Waals surface area contributed by atoms with Crippen LogP contribution in [0.3, 0.4) is 0 Å². The van der Waals surface area contributed by atoms with Crippen LogP contribution < -0.4 is 14.8 Å². The molecule has 0 fully saturated rings. The molecule has 0 bridgehead atoms. The van der Waals surface area contributed by atoms with Gasteiger partial charge in [-0.2, -0.15) is 0 Å². The topological polar surface area (TPSA) is 64.6 Å². The zero-order valence-corrected chi connectivity index (χ0v) is 11.5. The zero-order chi connectivity index (χ0) is 15.0. The summed E-state index contributed by atoms with van der Waals surface area (Å²) in [6.45, 7) is 3.94. The third-order valence-corrected chi connectivity index (χ3v) is 2.46. The largest absolute Gasteiger partial charge is 0.490 e. The Balaban J connectivity index is 2.92. The summed E-state index contributed by atoms with van der Waals surface area (Å²) < 4.78 is 10.9. The van der Waals surface area contributed by atoms with Crippen LogP contribution in [0.4, 0.5) is 0 Å². The molecule has 0 radical (unpaired) electrons. The van der Waals surface area contributed by atoms with E-state index in [4.69, 9.17) is 15.9 Å². The highest BCUT2D eigenvalue weighted by Crippen LogP contribution is 2.31. The monoisotopic (exact) mass is 275 g/mol. The number of para-hydroxylation sites is 1. The van der Waals surface area contributed by atoms with Gasteiger partial charge in [0.1, 0.15) is 0 Å². The Hall–Kier alpha value is -2.48. The van der Waals surface area contributed by atoms with E-state index in [1.807, 2.05) is 6.92 Å². The van der Waals surface area contributed by atoms with Gasteiger partial charge >= 0.3 is 0 Å². The summed E-state index contributed by atoms with van der Waals surface area (Å²) in [6, 6.07) is 4.96. The van der Waals surface area contributed by atoms with Gasteiger partial charge in [0.25, 0.3) is 5.91 Å². The van der Waals surface area contributed by atoms with Crippen LogP contribution in [0, 0.1) is 12.3 Å². The van der Waals surface area contributed by atoms with E-state index in [0.717, 1.165) is 0 Å². The fourth-order valence-corrected chi connectivity index (χ4v) is 1.53. The Labute approximate surface area is 118 Å². The molecule has 0 aliphatic heterocycles. The maximum absolute atomic E-state index is 11.7. The Morgan fingerprint density at radius 1 is 1.55 bits per heavy atom. The van der Waals surface area contributed by atoms with E-state index in [0.29, 0.717) is 24.2 Å². The molecule has 5 nitrogen and oxygen atoms in total. The van der Waals surface area contributed by atoms with E-state index in [2.05, 4.69) is 11.2 Å². The quantitative estimate of drug-likeness (QED) is 0.603.